The van der Waals surface area contributed by atoms with Crippen LogP contribution in [0, 0.1) is 54.0 Å². The molecule has 0 bridgehead atoms. The number of hydrogen-bond acceptors (Lipinski definition) is 21. The Bertz CT molecular complexity index is 4440. The van der Waals surface area contributed by atoms with Gasteiger partial charge in [0.05, 0.1) is 109 Å². The SMILES string of the molecule is C[C@@H]1CCC2(CCNCC2)[C@@H]1N[S@](=O)C(C)(C)C.Cc1nc(Cl)n2cnnc2c1Br.Cc1nc(N2CCC3(CC2)CO[C@@H](C)[C@H]3N)n2cnnc2c1-c1cccc(Cl)c1Cl.Cc1nc(N2CCC3(CC2)CO[C@@H](C)[C@H]3N[S@](=O)C(C)(C)C)n2cnnc2c1Br.N=N/N=N/N=N.OB(O)c1cccc(Cl)c1Cl. The Hall–Kier alpha value is -5.06. The summed E-state index contributed by atoms with van der Waals surface area (Å²) in [6, 6.07) is 10.8. The van der Waals surface area contributed by atoms with Gasteiger partial charge in [-0.1, -0.05) is 77.6 Å². The Balaban J connectivity index is 0.000000158. The molecule has 1 aliphatic carbocycles. The molecule has 0 unspecified atom stereocenters. The highest BCUT2D eigenvalue weighted by Crippen LogP contribution is 2.49. The standard InChI is InChI=1S/C21H24Cl2N6O.C19H29BrN6O2S.C14H28N2OS.C6H5BCl2O2.C6H4BrClN4.H2N6/c1-12-16(14-4-3-5-15(22)17(14)23)19-27-25-11-29(19)20(26-12)28-8-6-21(7-9-28)10-30-13(2)18(21)24;1-12-14(20)16-23-21-11-26(16)17(22-12)25-8-6-19(7-9-25)10-28-13(2)15(19)24-29(27)18(3,4)5;1-11-5-6-14(7-9-15-10-8-14)12(11)16-18(17)13(2,3)4;8-5-3-1-2-4(6(5)9)7(10)11;1-3-4(7)5-11-9-2-12(5)6(8)10-3;1-3-5-6-4-2/h3-5,11,13,18H,6-10,24H2,1-2H3;11,13,15,24H,6-10H2,1-5H3;11-12,15-16H,5-10H2,1-4H3;1-3,10-11H;2H,1H3;1-2H/b;;;;;3-1?,4-2?,6-5+/t13-,18+;13-,15+,29+;11-,12-,18-;;;/m001.../s1. The van der Waals surface area contributed by atoms with Crippen molar-refractivity contribution in [1.82, 2.24) is 73.5 Å². The van der Waals surface area contributed by atoms with E-state index < -0.39 is 29.1 Å². The van der Waals surface area contributed by atoms with Crippen molar-refractivity contribution in [2.24, 2.45) is 48.8 Å². The lowest BCUT2D eigenvalue weighted by atomic mass is 9.73. The summed E-state index contributed by atoms with van der Waals surface area (Å²) in [6.07, 6.45) is 14.0. The molecule has 11 heterocycles. The summed E-state index contributed by atoms with van der Waals surface area (Å²) in [7, 11) is -3.64. The molecule has 576 valence electrons. The molecule has 9 N–H and O–H groups in total. The van der Waals surface area contributed by atoms with Gasteiger partial charge in [-0.15, -0.1) is 30.6 Å². The second-order valence-corrected chi connectivity index (χ2v) is 36.9. The summed E-state index contributed by atoms with van der Waals surface area (Å²) in [6.45, 7) is 31.5. The zero-order chi connectivity index (χ0) is 77.4. The van der Waals surface area contributed by atoms with Gasteiger partial charge in [-0.2, -0.15) is 11.1 Å². The normalized spacial score (nSPS) is 22.2. The van der Waals surface area contributed by atoms with E-state index in [9.17, 15) is 8.42 Å². The zero-order valence-electron chi connectivity index (χ0n) is 61.2. The summed E-state index contributed by atoms with van der Waals surface area (Å²) in [5, 5.41) is 57.4. The van der Waals surface area contributed by atoms with E-state index in [0.717, 1.165) is 132 Å². The van der Waals surface area contributed by atoms with E-state index in [-0.39, 0.29) is 55.1 Å². The van der Waals surface area contributed by atoms with Crippen molar-refractivity contribution in [3.8, 4) is 11.1 Å². The lowest BCUT2D eigenvalue weighted by molar-refractivity contribution is 0.0972. The van der Waals surface area contributed by atoms with Gasteiger partial charge in [-0.25, -0.2) is 37.2 Å². The molecular formula is C66H92BBr2Cl5N24O6S2. The molecule has 5 saturated heterocycles. The number of anilines is 2. The molecule has 6 aliphatic rings. The third-order valence-corrected chi connectivity index (χ3v) is 27.4. The first-order valence-electron chi connectivity index (χ1n) is 34.6. The second-order valence-electron chi connectivity index (χ2n) is 29.4. The molecule has 6 aromatic heterocycles. The molecule has 2 aromatic carbocycles. The molecule has 14 rings (SSSR count). The molecule has 3 spiro atoms. The Labute approximate surface area is 663 Å². The van der Waals surface area contributed by atoms with Crippen molar-refractivity contribution in [2.75, 3.05) is 62.3 Å². The molecule has 5 aliphatic heterocycles. The highest BCUT2D eigenvalue weighted by atomic mass is 79.9. The van der Waals surface area contributed by atoms with Gasteiger partial charge in [0.15, 0.2) is 16.9 Å². The van der Waals surface area contributed by atoms with Crippen LogP contribution in [0.4, 0.5) is 11.9 Å². The smallest absolute Gasteiger partial charge is 0.423 e. The van der Waals surface area contributed by atoms with Crippen LogP contribution in [0.3, 0.4) is 0 Å². The first-order chi connectivity index (χ1) is 50.1. The summed E-state index contributed by atoms with van der Waals surface area (Å²) in [4.78, 5) is 18.4. The maximum Gasteiger partial charge on any atom is 0.490 e. The first kappa shape index (κ1) is 85.0. The van der Waals surface area contributed by atoms with Crippen molar-refractivity contribution in [1.29, 1.82) is 11.1 Å². The van der Waals surface area contributed by atoms with E-state index in [0.29, 0.717) is 50.0 Å². The van der Waals surface area contributed by atoms with E-state index in [1.165, 1.54) is 38.1 Å². The molecule has 1 saturated carbocycles. The average molecular weight is 1730 g/mol. The summed E-state index contributed by atoms with van der Waals surface area (Å²) >= 11 is 36.7. The number of benzene rings is 2. The fourth-order valence-electron chi connectivity index (χ4n) is 14.2. The molecule has 40 heteroatoms. The fourth-order valence-corrected chi connectivity index (χ4v) is 18.1. The first-order valence-corrected chi connectivity index (χ1v) is 40.4. The van der Waals surface area contributed by atoms with Crippen molar-refractivity contribution in [3.05, 3.63) is 107 Å². The molecule has 30 nitrogen and oxygen atoms in total. The molecule has 106 heavy (non-hydrogen) atoms. The lowest BCUT2D eigenvalue weighted by Gasteiger charge is -2.43. The van der Waals surface area contributed by atoms with Gasteiger partial charge in [-0.3, -0.25) is 8.80 Å². The van der Waals surface area contributed by atoms with Crippen LogP contribution in [0.2, 0.25) is 25.4 Å². The van der Waals surface area contributed by atoms with Crippen LogP contribution >= 0.6 is 89.9 Å². The Kier molecular flexibility index (Phi) is 29.2. The summed E-state index contributed by atoms with van der Waals surface area (Å²) in [5.74, 6) is 2.36. The molecule has 0 amide bonds. The number of rotatable bonds is 10. The summed E-state index contributed by atoms with van der Waals surface area (Å²) in [5.41, 5.74) is 25.4. The van der Waals surface area contributed by atoms with Gasteiger partial charge in [0, 0.05) is 65.7 Å². The number of nitrogens with two attached hydrogens (primary N) is 1. The number of aryl methyl sites for hydroxylation is 3. The molecule has 0 radical (unpaired) electrons. The minimum absolute atomic E-state index is 0.00641. The predicted octanol–water partition coefficient (Wildman–Crippen LogP) is 12.4. The molecular weight excluding hydrogens is 1640 g/mol. The molecule has 6 fully saturated rings. The Morgan fingerprint density at radius 2 is 1.08 bits per heavy atom. The van der Waals surface area contributed by atoms with Crippen molar-refractivity contribution in [3.63, 3.8) is 0 Å². The van der Waals surface area contributed by atoms with Crippen molar-refractivity contribution >= 4 is 153 Å². The fraction of sp³-hybridized carbons (Fsp3) is 0.591. The van der Waals surface area contributed by atoms with Gasteiger partial charge in [-0.05, 0) is 228 Å². The monoisotopic (exact) mass is 1720 g/mol. The van der Waals surface area contributed by atoms with Crippen LogP contribution in [0.1, 0.15) is 131 Å². The Morgan fingerprint density at radius 1 is 0.623 bits per heavy atom. The van der Waals surface area contributed by atoms with Crippen LogP contribution < -0.4 is 35.8 Å². The van der Waals surface area contributed by atoms with E-state index in [4.69, 9.17) is 104 Å². The minimum Gasteiger partial charge on any atom is -0.423 e. The number of nitrogens with one attached hydrogen (secondary N) is 5. The lowest BCUT2D eigenvalue weighted by Crippen LogP contribution is -2.55. The topological polar surface area (TPSA) is 388 Å². The quantitative estimate of drug-likeness (QED) is 0.0273. The van der Waals surface area contributed by atoms with Gasteiger partial charge in [0.2, 0.25) is 17.2 Å². The number of aromatic nitrogens is 12. The molecule has 8 atom stereocenters. The van der Waals surface area contributed by atoms with E-state index in [2.05, 4.69) is 134 Å². The van der Waals surface area contributed by atoms with Crippen LogP contribution in [0.5, 0.6) is 0 Å². The predicted molar refractivity (Wildman–Crippen MR) is 423 cm³/mol. The zero-order valence-corrected chi connectivity index (χ0v) is 69.8. The maximum atomic E-state index is 12.8. The van der Waals surface area contributed by atoms with E-state index in [1.54, 1.807) is 35.3 Å². The van der Waals surface area contributed by atoms with Crippen LogP contribution in [-0.4, -0.2) is 177 Å². The van der Waals surface area contributed by atoms with Crippen LogP contribution in [-0.2, 0) is 31.4 Å². The van der Waals surface area contributed by atoms with Gasteiger partial charge >= 0.3 is 7.12 Å². The molecule has 8 aromatic rings. The number of nitrogens with zero attached hydrogens (tertiary/aromatic N) is 18. The van der Waals surface area contributed by atoms with Crippen LogP contribution in [0.15, 0.2) is 85.2 Å². The van der Waals surface area contributed by atoms with Gasteiger partial charge in [0.25, 0.3) is 0 Å². The van der Waals surface area contributed by atoms with Gasteiger partial charge < -0.3 is 40.4 Å². The van der Waals surface area contributed by atoms with E-state index in [1.807, 2.05) is 83.2 Å². The number of fused-ring (bicyclic) bond motifs is 3. The van der Waals surface area contributed by atoms with E-state index >= 15 is 0 Å². The highest BCUT2D eigenvalue weighted by molar-refractivity contribution is 9.11. The summed E-state index contributed by atoms with van der Waals surface area (Å²) < 4.78 is 50.6. The minimum atomic E-state index is -1.57. The Morgan fingerprint density at radius 3 is 1.60 bits per heavy atom. The largest absolute Gasteiger partial charge is 0.490 e. The third-order valence-electron chi connectivity index (χ3n) is 20.5. The number of ether oxygens (including phenoxy) is 2. The van der Waals surface area contributed by atoms with Crippen LogP contribution in [0.25, 0.3) is 28.1 Å². The third kappa shape index (κ3) is 19.3. The number of hydrogen-bond donors (Lipinski definition) is 8. The maximum absolute atomic E-state index is 12.8. The highest BCUT2D eigenvalue weighted by Gasteiger charge is 2.52. The van der Waals surface area contributed by atoms with Gasteiger partial charge in [0.1, 0.15) is 19.0 Å². The second kappa shape index (κ2) is 36.4. The number of piperidine rings is 3. The van der Waals surface area contributed by atoms with Crippen molar-refractivity contribution in [2.45, 2.75) is 174 Å². The average Bonchev–Trinajstić information content (AvgIpc) is 1.42. The van der Waals surface area contributed by atoms with Crippen molar-refractivity contribution < 1.29 is 27.9 Å². The number of halogens is 7.